The summed E-state index contributed by atoms with van der Waals surface area (Å²) in [5.41, 5.74) is 2.19. The predicted octanol–water partition coefficient (Wildman–Crippen LogP) is 2.60. The summed E-state index contributed by atoms with van der Waals surface area (Å²) in [6, 6.07) is 10.2. The van der Waals surface area contributed by atoms with Crippen molar-refractivity contribution in [3.05, 3.63) is 35.9 Å². The maximum absolute atomic E-state index is 5.23. The molecular weight excluding hydrogens is 244 g/mol. The van der Waals surface area contributed by atoms with Crippen LogP contribution in [-0.2, 0) is 4.74 Å². The molecule has 0 saturated carbocycles. The summed E-state index contributed by atoms with van der Waals surface area (Å²) in [6.45, 7) is 2.27. The normalized spacial score (nSPS) is 12.4. The van der Waals surface area contributed by atoms with E-state index < -0.39 is 0 Å². The van der Waals surface area contributed by atoms with Crippen molar-refractivity contribution in [3.8, 4) is 17.2 Å². The molecule has 0 aliphatic heterocycles. The molecule has 5 heteroatoms. The van der Waals surface area contributed by atoms with Crippen molar-refractivity contribution in [2.24, 2.45) is 0 Å². The van der Waals surface area contributed by atoms with Gasteiger partial charge in [0.15, 0.2) is 12.6 Å². The summed E-state index contributed by atoms with van der Waals surface area (Å²) in [6.07, 6.45) is 0. The van der Waals surface area contributed by atoms with E-state index in [1.807, 2.05) is 19.2 Å². The summed E-state index contributed by atoms with van der Waals surface area (Å²) in [4.78, 5) is 0. The highest BCUT2D eigenvalue weighted by Gasteiger charge is 2.08. The minimum absolute atomic E-state index is 0.157. The van der Waals surface area contributed by atoms with Crippen molar-refractivity contribution in [2.45, 2.75) is 13.0 Å². The highest BCUT2D eigenvalue weighted by atomic mass is 16.7. The van der Waals surface area contributed by atoms with Gasteiger partial charge in [-0.2, -0.15) is 0 Å². The Kier molecular flexibility index (Phi) is 4.54. The lowest BCUT2D eigenvalue weighted by Crippen LogP contribution is -2.11. The molecule has 0 aliphatic rings. The van der Waals surface area contributed by atoms with E-state index in [1.54, 1.807) is 13.2 Å². The van der Waals surface area contributed by atoms with Crippen molar-refractivity contribution in [3.63, 3.8) is 0 Å². The molecule has 0 fully saturated rings. The van der Waals surface area contributed by atoms with Crippen LogP contribution in [0.5, 0.6) is 5.88 Å². The molecule has 0 saturated heterocycles. The zero-order chi connectivity index (χ0) is 13.7. The second kappa shape index (κ2) is 6.36. The van der Waals surface area contributed by atoms with E-state index in [1.165, 1.54) is 5.56 Å². The number of hydrogen-bond donors (Lipinski definition) is 1. The molecule has 19 heavy (non-hydrogen) atoms. The highest BCUT2D eigenvalue weighted by molar-refractivity contribution is 5.58. The number of hydrogen-bond acceptors (Lipinski definition) is 5. The van der Waals surface area contributed by atoms with Crippen molar-refractivity contribution in [1.82, 2.24) is 10.5 Å². The van der Waals surface area contributed by atoms with Gasteiger partial charge >= 0.3 is 0 Å². The Morgan fingerprint density at radius 1 is 1.32 bits per heavy atom. The molecule has 1 unspecified atom stereocenters. The van der Waals surface area contributed by atoms with E-state index in [9.17, 15) is 0 Å². The van der Waals surface area contributed by atoms with Crippen molar-refractivity contribution in [2.75, 3.05) is 21.0 Å². The van der Waals surface area contributed by atoms with Gasteiger partial charge in [-0.1, -0.05) is 24.3 Å². The van der Waals surface area contributed by atoms with Gasteiger partial charge in [0.25, 0.3) is 5.88 Å². The SMILES string of the molecule is CNC(C)c1ccc(-c2cc(OCOC)no2)cc1. The zero-order valence-electron chi connectivity index (χ0n) is 11.3. The standard InChI is InChI=1S/C14H18N2O3/c1-10(15-2)11-4-6-12(7-5-11)13-8-14(16-19-13)18-9-17-3/h4-8,10,15H,9H2,1-3H3. The number of rotatable bonds is 6. The number of nitrogens with one attached hydrogen (secondary N) is 1. The summed E-state index contributed by atoms with van der Waals surface area (Å²) in [5.74, 6) is 1.10. The first-order valence-corrected chi connectivity index (χ1v) is 6.10. The molecule has 0 radical (unpaired) electrons. The molecule has 1 aromatic heterocycles. The Hall–Kier alpha value is -1.85. The Bertz CT molecular complexity index is 508. The van der Waals surface area contributed by atoms with Crippen molar-refractivity contribution in [1.29, 1.82) is 0 Å². The third-order valence-electron chi connectivity index (χ3n) is 2.94. The molecule has 1 atom stereocenters. The average Bonchev–Trinajstić information content (AvgIpc) is 2.93. The van der Waals surface area contributed by atoms with Crippen LogP contribution in [0.1, 0.15) is 18.5 Å². The molecule has 5 nitrogen and oxygen atoms in total. The predicted molar refractivity (Wildman–Crippen MR) is 71.9 cm³/mol. The smallest absolute Gasteiger partial charge is 0.256 e. The van der Waals surface area contributed by atoms with Crippen LogP contribution in [0.3, 0.4) is 0 Å². The molecule has 0 aliphatic carbocycles. The van der Waals surface area contributed by atoms with Gasteiger partial charge in [0.05, 0.1) is 0 Å². The second-order valence-corrected chi connectivity index (χ2v) is 4.21. The van der Waals surface area contributed by atoms with Crippen LogP contribution < -0.4 is 10.1 Å². The van der Waals surface area contributed by atoms with Crippen LogP contribution in [0.15, 0.2) is 34.9 Å². The molecule has 0 spiro atoms. The first kappa shape index (κ1) is 13.6. The van der Waals surface area contributed by atoms with E-state index in [0.717, 1.165) is 5.56 Å². The minimum Gasteiger partial charge on any atom is -0.448 e. The Balaban J connectivity index is 2.11. The van der Waals surface area contributed by atoms with E-state index in [4.69, 9.17) is 14.0 Å². The molecule has 0 amide bonds. The molecule has 2 rings (SSSR count). The van der Waals surface area contributed by atoms with Gasteiger partial charge in [-0.05, 0) is 24.7 Å². The lowest BCUT2D eigenvalue weighted by molar-refractivity contribution is 0.0453. The monoisotopic (exact) mass is 262 g/mol. The fourth-order valence-electron chi connectivity index (χ4n) is 1.69. The van der Waals surface area contributed by atoms with E-state index in [-0.39, 0.29) is 6.79 Å². The van der Waals surface area contributed by atoms with Crippen LogP contribution in [0, 0.1) is 0 Å². The molecule has 2 aromatic rings. The summed E-state index contributed by atoms with van der Waals surface area (Å²) in [7, 11) is 3.50. The number of aromatic nitrogens is 1. The van der Waals surface area contributed by atoms with Gasteiger partial charge in [0.2, 0.25) is 0 Å². The Labute approximate surface area is 112 Å². The maximum atomic E-state index is 5.23. The number of ether oxygens (including phenoxy) is 2. The molecule has 1 N–H and O–H groups in total. The molecule has 1 aromatic carbocycles. The lowest BCUT2D eigenvalue weighted by Gasteiger charge is -2.10. The molecule has 0 bridgehead atoms. The van der Waals surface area contributed by atoms with Gasteiger partial charge in [-0.25, -0.2) is 0 Å². The number of methoxy groups -OCH3 is 1. The zero-order valence-corrected chi connectivity index (χ0v) is 11.3. The number of benzene rings is 1. The van der Waals surface area contributed by atoms with Gasteiger partial charge in [-0.3, -0.25) is 0 Å². The van der Waals surface area contributed by atoms with Gasteiger partial charge in [-0.15, -0.1) is 0 Å². The average molecular weight is 262 g/mol. The van der Waals surface area contributed by atoms with E-state index >= 15 is 0 Å². The van der Waals surface area contributed by atoms with E-state index in [0.29, 0.717) is 17.7 Å². The molecule has 102 valence electrons. The quantitative estimate of drug-likeness (QED) is 0.811. The van der Waals surface area contributed by atoms with Gasteiger partial charge in [0.1, 0.15) is 0 Å². The largest absolute Gasteiger partial charge is 0.448 e. The fraction of sp³-hybridized carbons (Fsp3) is 0.357. The summed E-state index contributed by atoms with van der Waals surface area (Å²) in [5, 5.41) is 7.01. The minimum atomic E-state index is 0.157. The third-order valence-corrected chi connectivity index (χ3v) is 2.94. The van der Waals surface area contributed by atoms with Crippen molar-refractivity contribution >= 4 is 0 Å². The Morgan fingerprint density at radius 3 is 2.68 bits per heavy atom. The third kappa shape index (κ3) is 3.33. The maximum Gasteiger partial charge on any atom is 0.256 e. The van der Waals surface area contributed by atoms with E-state index in [2.05, 4.69) is 29.5 Å². The van der Waals surface area contributed by atoms with Crippen LogP contribution in [0.4, 0.5) is 0 Å². The summed E-state index contributed by atoms with van der Waals surface area (Å²) < 4.78 is 15.2. The Morgan fingerprint density at radius 2 is 2.05 bits per heavy atom. The molecular formula is C14H18N2O3. The molecule has 1 heterocycles. The number of nitrogens with zero attached hydrogens (tertiary/aromatic N) is 1. The van der Waals surface area contributed by atoms with Crippen LogP contribution >= 0.6 is 0 Å². The highest BCUT2D eigenvalue weighted by Crippen LogP contribution is 2.25. The topological polar surface area (TPSA) is 56.5 Å². The van der Waals surface area contributed by atoms with Gasteiger partial charge in [0, 0.05) is 24.8 Å². The van der Waals surface area contributed by atoms with Crippen LogP contribution in [0.25, 0.3) is 11.3 Å². The lowest BCUT2D eigenvalue weighted by atomic mass is 10.1. The van der Waals surface area contributed by atoms with Crippen molar-refractivity contribution < 1.29 is 14.0 Å². The fourth-order valence-corrected chi connectivity index (χ4v) is 1.69. The first-order valence-electron chi connectivity index (χ1n) is 6.10. The first-order chi connectivity index (χ1) is 9.24. The van der Waals surface area contributed by atoms with Crippen LogP contribution in [0.2, 0.25) is 0 Å². The van der Waals surface area contributed by atoms with Crippen LogP contribution in [-0.4, -0.2) is 26.1 Å². The van der Waals surface area contributed by atoms with Gasteiger partial charge < -0.3 is 19.3 Å². The second-order valence-electron chi connectivity index (χ2n) is 4.21. The summed E-state index contributed by atoms with van der Waals surface area (Å²) >= 11 is 0.